The van der Waals surface area contributed by atoms with E-state index >= 15 is 0 Å². The summed E-state index contributed by atoms with van der Waals surface area (Å²) >= 11 is 0. The van der Waals surface area contributed by atoms with E-state index in [4.69, 9.17) is 10.5 Å². The number of anilines is 1. The van der Waals surface area contributed by atoms with Crippen LogP contribution >= 0.6 is 0 Å². The Morgan fingerprint density at radius 3 is 2.95 bits per heavy atom. The molecule has 2 N–H and O–H groups in total. The summed E-state index contributed by atoms with van der Waals surface area (Å²) < 4.78 is 6.57. The van der Waals surface area contributed by atoms with Crippen LogP contribution in [0.2, 0.25) is 0 Å². The molecule has 0 radical (unpaired) electrons. The molecule has 3 rings (SSSR count). The van der Waals surface area contributed by atoms with Gasteiger partial charge in [0.05, 0.1) is 12.3 Å². The van der Waals surface area contributed by atoms with Crippen molar-refractivity contribution in [2.24, 2.45) is 0 Å². The van der Waals surface area contributed by atoms with E-state index in [-0.39, 0.29) is 5.69 Å². The summed E-state index contributed by atoms with van der Waals surface area (Å²) in [6.07, 6.45) is 1.67. The van der Waals surface area contributed by atoms with E-state index in [0.717, 1.165) is 11.3 Å². The maximum absolute atomic E-state index is 11.8. The van der Waals surface area contributed by atoms with Crippen LogP contribution in [-0.4, -0.2) is 27.2 Å². The highest BCUT2D eigenvalue weighted by Crippen LogP contribution is 2.22. The summed E-state index contributed by atoms with van der Waals surface area (Å²) in [4.78, 5) is 16.0. The van der Waals surface area contributed by atoms with E-state index in [1.165, 1.54) is 0 Å². The highest BCUT2D eigenvalue weighted by atomic mass is 16.5. The van der Waals surface area contributed by atoms with E-state index in [0.29, 0.717) is 17.9 Å². The highest BCUT2D eigenvalue weighted by Gasteiger charge is 2.14. The fraction of sp³-hybridized carbons (Fsp3) is 0.133. The van der Waals surface area contributed by atoms with Crippen LogP contribution in [0.5, 0.6) is 0 Å². The number of nitrogens with zero attached hydrogens (tertiary/aromatic N) is 3. The average molecular weight is 282 g/mol. The van der Waals surface area contributed by atoms with Gasteiger partial charge in [0.25, 0.3) is 0 Å². The molecular formula is C15H14N4O2. The number of hydrogen-bond acceptors (Lipinski definition) is 5. The van der Waals surface area contributed by atoms with Crippen LogP contribution in [-0.2, 0) is 4.74 Å². The molecule has 0 saturated carbocycles. The first-order chi connectivity index (χ1) is 10.2. The maximum atomic E-state index is 11.8. The van der Waals surface area contributed by atoms with Crippen molar-refractivity contribution in [2.45, 2.75) is 6.92 Å². The zero-order valence-corrected chi connectivity index (χ0v) is 11.5. The molecule has 3 aromatic rings. The number of ether oxygens (including phenoxy) is 1. The zero-order valence-electron chi connectivity index (χ0n) is 11.5. The summed E-state index contributed by atoms with van der Waals surface area (Å²) in [5.41, 5.74) is 9.01. The SMILES string of the molecule is CCOC(=O)c1cc2nccc(-c3cccc(N)c3)n2n1. The second-order valence-electron chi connectivity index (χ2n) is 4.48. The Balaban J connectivity index is 2.14. The second kappa shape index (κ2) is 5.24. The summed E-state index contributed by atoms with van der Waals surface area (Å²) in [5, 5.41) is 4.28. The minimum atomic E-state index is -0.457. The molecule has 21 heavy (non-hydrogen) atoms. The van der Waals surface area contributed by atoms with Gasteiger partial charge < -0.3 is 10.5 Å². The number of nitrogens with two attached hydrogens (primary N) is 1. The van der Waals surface area contributed by atoms with Crippen LogP contribution in [0.4, 0.5) is 5.69 Å². The van der Waals surface area contributed by atoms with Gasteiger partial charge in [-0.05, 0) is 25.1 Å². The lowest BCUT2D eigenvalue weighted by Crippen LogP contribution is -2.05. The van der Waals surface area contributed by atoms with E-state index in [9.17, 15) is 4.79 Å². The number of fused-ring (bicyclic) bond motifs is 1. The zero-order chi connectivity index (χ0) is 14.8. The Hall–Kier alpha value is -2.89. The van der Waals surface area contributed by atoms with Gasteiger partial charge in [-0.1, -0.05) is 12.1 Å². The van der Waals surface area contributed by atoms with E-state index < -0.39 is 5.97 Å². The first kappa shape index (κ1) is 13.1. The quantitative estimate of drug-likeness (QED) is 0.588. The Kier molecular flexibility index (Phi) is 3.27. The second-order valence-corrected chi connectivity index (χ2v) is 4.48. The molecule has 6 nitrogen and oxygen atoms in total. The maximum Gasteiger partial charge on any atom is 0.358 e. The molecule has 6 heteroatoms. The molecule has 0 amide bonds. The van der Waals surface area contributed by atoms with E-state index in [1.54, 1.807) is 23.7 Å². The molecule has 0 saturated heterocycles. The van der Waals surface area contributed by atoms with Gasteiger partial charge in [-0.2, -0.15) is 5.10 Å². The minimum Gasteiger partial charge on any atom is -0.461 e. The lowest BCUT2D eigenvalue weighted by atomic mass is 10.1. The molecule has 0 aliphatic heterocycles. The van der Waals surface area contributed by atoms with Crippen LogP contribution in [0.15, 0.2) is 42.6 Å². The van der Waals surface area contributed by atoms with Gasteiger partial charge in [0, 0.05) is 23.5 Å². The Morgan fingerprint density at radius 1 is 1.33 bits per heavy atom. The molecule has 0 fully saturated rings. The average Bonchev–Trinajstić information content (AvgIpc) is 2.91. The van der Waals surface area contributed by atoms with Crippen molar-refractivity contribution in [3.05, 3.63) is 48.3 Å². The van der Waals surface area contributed by atoms with E-state index in [2.05, 4.69) is 10.1 Å². The third-order valence-corrected chi connectivity index (χ3v) is 3.02. The number of esters is 1. The van der Waals surface area contributed by atoms with Gasteiger partial charge in [-0.3, -0.25) is 0 Å². The first-order valence-electron chi connectivity index (χ1n) is 6.57. The molecular weight excluding hydrogens is 268 g/mol. The fourth-order valence-electron chi connectivity index (χ4n) is 2.12. The summed E-state index contributed by atoms with van der Waals surface area (Å²) in [7, 11) is 0. The van der Waals surface area contributed by atoms with Crippen molar-refractivity contribution in [3.8, 4) is 11.3 Å². The topological polar surface area (TPSA) is 82.5 Å². The van der Waals surface area contributed by atoms with Crippen LogP contribution < -0.4 is 5.73 Å². The predicted octanol–water partition coefficient (Wildman–Crippen LogP) is 2.16. The summed E-state index contributed by atoms with van der Waals surface area (Å²) in [5.74, 6) is -0.457. The lowest BCUT2D eigenvalue weighted by molar-refractivity contribution is 0.0519. The van der Waals surface area contributed by atoms with Crippen molar-refractivity contribution >= 4 is 17.3 Å². The molecule has 0 unspecified atom stereocenters. The lowest BCUT2D eigenvalue weighted by Gasteiger charge is -2.05. The van der Waals surface area contributed by atoms with Crippen LogP contribution in [0, 0.1) is 0 Å². The van der Waals surface area contributed by atoms with Gasteiger partial charge in [0.2, 0.25) is 0 Å². The van der Waals surface area contributed by atoms with Gasteiger partial charge in [0.1, 0.15) is 0 Å². The summed E-state index contributed by atoms with van der Waals surface area (Å²) in [6, 6.07) is 10.9. The monoisotopic (exact) mass is 282 g/mol. The van der Waals surface area contributed by atoms with Crippen molar-refractivity contribution in [3.63, 3.8) is 0 Å². The number of hydrogen-bond donors (Lipinski definition) is 1. The number of aromatic nitrogens is 3. The van der Waals surface area contributed by atoms with E-state index in [1.807, 2.05) is 30.3 Å². The Labute approximate surface area is 121 Å². The number of carbonyl (C=O) groups is 1. The largest absolute Gasteiger partial charge is 0.461 e. The number of benzene rings is 1. The third kappa shape index (κ3) is 2.43. The van der Waals surface area contributed by atoms with Crippen LogP contribution in [0.1, 0.15) is 17.4 Å². The van der Waals surface area contributed by atoms with Crippen molar-refractivity contribution in [2.75, 3.05) is 12.3 Å². The van der Waals surface area contributed by atoms with Gasteiger partial charge in [0.15, 0.2) is 11.3 Å². The number of carbonyl (C=O) groups excluding carboxylic acids is 1. The van der Waals surface area contributed by atoms with Crippen molar-refractivity contribution in [1.82, 2.24) is 14.6 Å². The Morgan fingerprint density at radius 2 is 2.19 bits per heavy atom. The molecule has 0 spiro atoms. The van der Waals surface area contributed by atoms with Crippen LogP contribution in [0.3, 0.4) is 0 Å². The standard InChI is InChI=1S/C15H14N4O2/c1-2-21-15(20)12-9-14-17-7-6-13(19(14)18-12)10-4-3-5-11(16)8-10/h3-9H,2,16H2,1H3. The number of rotatable bonds is 3. The molecule has 0 aliphatic rings. The summed E-state index contributed by atoms with van der Waals surface area (Å²) in [6.45, 7) is 2.06. The highest BCUT2D eigenvalue weighted by molar-refractivity contribution is 5.88. The fourth-order valence-corrected chi connectivity index (χ4v) is 2.12. The van der Waals surface area contributed by atoms with Gasteiger partial charge in [-0.25, -0.2) is 14.3 Å². The van der Waals surface area contributed by atoms with Crippen molar-refractivity contribution < 1.29 is 9.53 Å². The predicted molar refractivity (Wildman–Crippen MR) is 78.8 cm³/mol. The van der Waals surface area contributed by atoms with Crippen LogP contribution in [0.25, 0.3) is 16.9 Å². The number of nitrogen functional groups attached to an aromatic ring is 1. The Bertz CT molecular complexity index is 810. The normalized spacial score (nSPS) is 10.7. The molecule has 1 aromatic carbocycles. The van der Waals surface area contributed by atoms with Gasteiger partial charge >= 0.3 is 5.97 Å². The molecule has 2 heterocycles. The molecule has 0 aliphatic carbocycles. The third-order valence-electron chi connectivity index (χ3n) is 3.02. The minimum absolute atomic E-state index is 0.237. The molecule has 2 aromatic heterocycles. The molecule has 0 bridgehead atoms. The first-order valence-corrected chi connectivity index (χ1v) is 6.57. The smallest absolute Gasteiger partial charge is 0.358 e. The molecule has 106 valence electrons. The van der Waals surface area contributed by atoms with Gasteiger partial charge in [-0.15, -0.1) is 0 Å². The molecule has 0 atom stereocenters. The van der Waals surface area contributed by atoms with Crippen molar-refractivity contribution in [1.29, 1.82) is 0 Å².